The van der Waals surface area contributed by atoms with Crippen molar-refractivity contribution in [1.82, 2.24) is 10.6 Å². The molecule has 2 aliphatic rings. The third-order valence-electron chi connectivity index (χ3n) is 4.19. The maximum atomic E-state index is 12.1. The Balaban J connectivity index is 1.97. The van der Waals surface area contributed by atoms with Crippen molar-refractivity contribution in [2.24, 2.45) is 5.92 Å². The number of ether oxygens (including phenoxy) is 1. The smallest absolute Gasteiger partial charge is 0.328 e. The Labute approximate surface area is 118 Å². The number of rotatable bonds is 4. The molecule has 1 saturated heterocycles. The minimum Gasteiger partial charge on any atom is -0.467 e. The van der Waals surface area contributed by atoms with Crippen LogP contribution in [0.5, 0.6) is 0 Å². The molecule has 0 aromatic carbocycles. The van der Waals surface area contributed by atoms with Crippen LogP contribution in [0.15, 0.2) is 0 Å². The molecule has 2 rings (SSSR count). The van der Waals surface area contributed by atoms with E-state index in [9.17, 15) is 14.4 Å². The molecule has 0 aromatic rings. The number of esters is 1. The zero-order valence-electron chi connectivity index (χ0n) is 11.8. The summed E-state index contributed by atoms with van der Waals surface area (Å²) in [7, 11) is 1.33. The highest BCUT2D eigenvalue weighted by Gasteiger charge is 2.35. The van der Waals surface area contributed by atoms with Gasteiger partial charge < -0.3 is 15.4 Å². The average Bonchev–Trinajstić information content (AvgIpc) is 2.91. The molecule has 1 heterocycles. The van der Waals surface area contributed by atoms with Crippen LogP contribution >= 0.6 is 0 Å². The van der Waals surface area contributed by atoms with Gasteiger partial charge in [0, 0.05) is 6.42 Å². The second kappa shape index (κ2) is 6.72. The first-order chi connectivity index (χ1) is 9.61. The molecular weight excluding hydrogens is 260 g/mol. The van der Waals surface area contributed by atoms with E-state index in [2.05, 4.69) is 10.6 Å². The summed E-state index contributed by atoms with van der Waals surface area (Å²) in [5, 5.41) is 5.39. The lowest BCUT2D eigenvalue weighted by atomic mass is 9.83. The van der Waals surface area contributed by atoms with Gasteiger partial charge in [-0.3, -0.25) is 9.59 Å². The van der Waals surface area contributed by atoms with Crippen molar-refractivity contribution >= 4 is 17.8 Å². The number of amides is 2. The monoisotopic (exact) mass is 282 g/mol. The maximum absolute atomic E-state index is 12.1. The van der Waals surface area contributed by atoms with Gasteiger partial charge in [-0.2, -0.15) is 0 Å². The SMILES string of the molecule is COC(=O)[C@H](NC(=O)[C@H]1CCC(=O)N1)C1CCCCC1. The minimum atomic E-state index is -0.592. The van der Waals surface area contributed by atoms with E-state index in [1.807, 2.05) is 0 Å². The predicted molar refractivity (Wildman–Crippen MR) is 71.7 cm³/mol. The van der Waals surface area contributed by atoms with Gasteiger partial charge in [0.15, 0.2) is 0 Å². The molecule has 1 aliphatic heterocycles. The normalized spacial score (nSPS) is 24.9. The first-order valence-corrected chi connectivity index (χ1v) is 7.29. The summed E-state index contributed by atoms with van der Waals surface area (Å²) in [6.45, 7) is 0. The Hall–Kier alpha value is -1.59. The van der Waals surface area contributed by atoms with Gasteiger partial charge in [0.25, 0.3) is 0 Å². The van der Waals surface area contributed by atoms with Crippen LogP contribution in [0.1, 0.15) is 44.9 Å². The first kappa shape index (κ1) is 14.8. The fourth-order valence-corrected chi connectivity index (χ4v) is 3.03. The number of nitrogens with one attached hydrogen (secondary N) is 2. The lowest BCUT2D eigenvalue weighted by Crippen LogP contribution is -2.52. The fourth-order valence-electron chi connectivity index (χ4n) is 3.03. The Morgan fingerprint density at radius 1 is 1.25 bits per heavy atom. The molecule has 6 heteroatoms. The molecule has 1 saturated carbocycles. The van der Waals surface area contributed by atoms with E-state index in [4.69, 9.17) is 4.74 Å². The van der Waals surface area contributed by atoms with Gasteiger partial charge in [-0.15, -0.1) is 0 Å². The predicted octanol–water partition coefficient (Wildman–Crippen LogP) is 0.503. The van der Waals surface area contributed by atoms with Gasteiger partial charge in [-0.25, -0.2) is 4.79 Å². The van der Waals surface area contributed by atoms with E-state index in [0.29, 0.717) is 12.8 Å². The molecule has 112 valence electrons. The van der Waals surface area contributed by atoms with Crippen LogP contribution in [0.3, 0.4) is 0 Å². The summed E-state index contributed by atoms with van der Waals surface area (Å²) in [6, 6.07) is -1.11. The van der Waals surface area contributed by atoms with Crippen molar-refractivity contribution in [3.8, 4) is 0 Å². The van der Waals surface area contributed by atoms with E-state index in [1.165, 1.54) is 13.5 Å². The van der Waals surface area contributed by atoms with Crippen LogP contribution in [0.25, 0.3) is 0 Å². The molecule has 2 amide bonds. The molecule has 0 bridgehead atoms. The van der Waals surface area contributed by atoms with Crippen molar-refractivity contribution in [2.45, 2.75) is 57.0 Å². The second-order valence-electron chi connectivity index (χ2n) is 5.57. The summed E-state index contributed by atoms with van der Waals surface area (Å²) < 4.78 is 4.81. The van der Waals surface area contributed by atoms with Crippen molar-refractivity contribution < 1.29 is 19.1 Å². The second-order valence-corrected chi connectivity index (χ2v) is 5.57. The highest BCUT2D eigenvalue weighted by molar-refractivity contribution is 5.93. The van der Waals surface area contributed by atoms with E-state index < -0.39 is 18.1 Å². The highest BCUT2D eigenvalue weighted by atomic mass is 16.5. The van der Waals surface area contributed by atoms with Crippen LogP contribution in [0.4, 0.5) is 0 Å². The molecule has 1 aliphatic carbocycles. The van der Waals surface area contributed by atoms with Gasteiger partial charge in [-0.05, 0) is 25.2 Å². The molecule has 2 atom stereocenters. The van der Waals surface area contributed by atoms with E-state index in [-0.39, 0.29) is 17.7 Å². The van der Waals surface area contributed by atoms with Crippen molar-refractivity contribution in [2.75, 3.05) is 7.11 Å². The largest absolute Gasteiger partial charge is 0.467 e. The fraction of sp³-hybridized carbons (Fsp3) is 0.786. The van der Waals surface area contributed by atoms with Crippen LogP contribution in [0.2, 0.25) is 0 Å². The first-order valence-electron chi connectivity index (χ1n) is 7.29. The zero-order valence-corrected chi connectivity index (χ0v) is 11.8. The van der Waals surface area contributed by atoms with Crippen molar-refractivity contribution in [1.29, 1.82) is 0 Å². The molecule has 0 radical (unpaired) electrons. The van der Waals surface area contributed by atoms with E-state index >= 15 is 0 Å². The van der Waals surface area contributed by atoms with Crippen LogP contribution < -0.4 is 10.6 Å². The van der Waals surface area contributed by atoms with Crippen LogP contribution in [0, 0.1) is 5.92 Å². The standard InChI is InChI=1S/C14H22N2O4/c1-20-14(19)12(9-5-3-2-4-6-9)16-13(18)10-7-8-11(17)15-10/h9-10,12H,2-8H2,1H3,(H,15,17)(H,16,18)/t10-,12-/m1/s1. The summed E-state index contributed by atoms with van der Waals surface area (Å²) in [6.07, 6.45) is 6.04. The number of hydrogen-bond acceptors (Lipinski definition) is 4. The van der Waals surface area contributed by atoms with Gasteiger partial charge in [0.2, 0.25) is 11.8 Å². The molecule has 6 nitrogen and oxygen atoms in total. The quantitative estimate of drug-likeness (QED) is 0.736. The molecule has 0 spiro atoms. The van der Waals surface area contributed by atoms with Gasteiger partial charge >= 0.3 is 5.97 Å². The number of methoxy groups -OCH3 is 1. The molecule has 0 aromatic heterocycles. The Morgan fingerprint density at radius 3 is 2.50 bits per heavy atom. The third-order valence-corrected chi connectivity index (χ3v) is 4.19. The number of carbonyl (C=O) groups is 3. The van der Waals surface area contributed by atoms with Gasteiger partial charge in [0.05, 0.1) is 7.11 Å². The Morgan fingerprint density at radius 2 is 1.95 bits per heavy atom. The van der Waals surface area contributed by atoms with Crippen LogP contribution in [-0.4, -0.2) is 37.0 Å². The summed E-state index contributed by atoms with van der Waals surface area (Å²) in [5.74, 6) is -0.652. The zero-order chi connectivity index (χ0) is 14.5. The molecule has 2 N–H and O–H groups in total. The van der Waals surface area contributed by atoms with E-state index in [0.717, 1.165) is 25.7 Å². The van der Waals surface area contributed by atoms with Gasteiger partial charge in [0.1, 0.15) is 12.1 Å². The molecular formula is C14H22N2O4. The lowest BCUT2D eigenvalue weighted by Gasteiger charge is -2.29. The summed E-state index contributed by atoms with van der Waals surface area (Å²) >= 11 is 0. The molecule has 2 fully saturated rings. The summed E-state index contributed by atoms with van der Waals surface area (Å²) in [5.41, 5.74) is 0. The molecule has 0 unspecified atom stereocenters. The molecule has 20 heavy (non-hydrogen) atoms. The van der Waals surface area contributed by atoms with Crippen molar-refractivity contribution in [3.63, 3.8) is 0 Å². The Kier molecular flexibility index (Phi) is 4.98. The number of hydrogen-bond donors (Lipinski definition) is 2. The number of carbonyl (C=O) groups excluding carboxylic acids is 3. The lowest BCUT2D eigenvalue weighted by molar-refractivity contribution is -0.147. The Bertz CT molecular complexity index is 391. The van der Waals surface area contributed by atoms with E-state index in [1.54, 1.807) is 0 Å². The van der Waals surface area contributed by atoms with Crippen LogP contribution in [-0.2, 0) is 19.1 Å². The topological polar surface area (TPSA) is 84.5 Å². The third kappa shape index (κ3) is 3.49. The van der Waals surface area contributed by atoms with Gasteiger partial charge in [-0.1, -0.05) is 19.3 Å². The highest BCUT2D eigenvalue weighted by Crippen LogP contribution is 2.27. The summed E-state index contributed by atoms with van der Waals surface area (Å²) in [4.78, 5) is 35.2. The minimum absolute atomic E-state index is 0.113. The van der Waals surface area contributed by atoms with Crippen molar-refractivity contribution in [3.05, 3.63) is 0 Å². The maximum Gasteiger partial charge on any atom is 0.328 e. The average molecular weight is 282 g/mol.